The number of carbonyl (C=O) groups is 1. The van der Waals surface area contributed by atoms with E-state index in [-0.39, 0.29) is 10.8 Å². The van der Waals surface area contributed by atoms with E-state index < -0.39 is 15.9 Å². The molecule has 1 aliphatic rings. The highest BCUT2D eigenvalue weighted by atomic mass is 32.2. The average molecular weight is 494 g/mol. The summed E-state index contributed by atoms with van der Waals surface area (Å²) in [5.41, 5.74) is 6.16. The first-order valence-corrected chi connectivity index (χ1v) is 13.5. The highest BCUT2D eigenvalue weighted by Crippen LogP contribution is 2.46. The van der Waals surface area contributed by atoms with E-state index in [1.54, 1.807) is 24.3 Å². The Balaban J connectivity index is 1.36. The van der Waals surface area contributed by atoms with Crippen molar-refractivity contribution >= 4 is 22.0 Å². The fraction of sp³-hybridized carbons (Fsp3) is 0.129. The molecule has 0 saturated carbocycles. The van der Waals surface area contributed by atoms with Gasteiger partial charge in [0, 0.05) is 12.0 Å². The van der Waals surface area contributed by atoms with Crippen LogP contribution >= 0.6 is 0 Å². The van der Waals surface area contributed by atoms with Gasteiger partial charge in [-0.3, -0.25) is 4.79 Å². The van der Waals surface area contributed by atoms with E-state index in [1.165, 1.54) is 40.5 Å². The van der Waals surface area contributed by atoms with E-state index in [0.29, 0.717) is 5.92 Å². The maximum atomic E-state index is 12.4. The van der Waals surface area contributed by atoms with Gasteiger partial charge in [-0.15, -0.1) is 0 Å². The van der Waals surface area contributed by atoms with Crippen LogP contribution in [-0.2, 0) is 21.2 Å². The number of benzene rings is 4. The smallest absolute Gasteiger partial charge is 0.264 e. The standard InChI is InChI=1S/C31H27NO3S/c33-30(32-36(34,35)27-12-5-2-6-13-27)22-17-23-15-18-26(19-16-23)31-28-14-8-7-11-25(28)20-21-29(31)24-9-3-1-4-10-24/h1-19,22,29,31H,20-21H2,(H,32,33)/b22-17+. The van der Waals surface area contributed by atoms with Gasteiger partial charge in [0.2, 0.25) is 0 Å². The molecular formula is C31H27NO3S. The summed E-state index contributed by atoms with van der Waals surface area (Å²) in [6.45, 7) is 0. The molecule has 4 aromatic carbocycles. The lowest BCUT2D eigenvalue weighted by Crippen LogP contribution is -2.28. The van der Waals surface area contributed by atoms with Crippen molar-refractivity contribution in [1.29, 1.82) is 0 Å². The number of nitrogens with one attached hydrogen (secondary N) is 1. The summed E-state index contributed by atoms with van der Waals surface area (Å²) in [5.74, 6) is -0.0561. The third-order valence-electron chi connectivity index (χ3n) is 6.76. The van der Waals surface area contributed by atoms with Crippen LogP contribution in [0, 0.1) is 0 Å². The summed E-state index contributed by atoms with van der Waals surface area (Å²) < 4.78 is 26.8. The molecule has 0 radical (unpaired) electrons. The summed E-state index contributed by atoms with van der Waals surface area (Å²) in [6, 6.07) is 35.4. The summed E-state index contributed by atoms with van der Waals surface area (Å²) in [6.07, 6.45) is 5.03. The predicted octanol–water partition coefficient (Wildman–Crippen LogP) is 6.07. The molecule has 4 aromatic rings. The van der Waals surface area contributed by atoms with Crippen molar-refractivity contribution in [3.8, 4) is 0 Å². The van der Waals surface area contributed by atoms with Crippen LogP contribution < -0.4 is 4.72 Å². The largest absolute Gasteiger partial charge is 0.269 e. The van der Waals surface area contributed by atoms with Gasteiger partial charge in [0.15, 0.2) is 0 Å². The summed E-state index contributed by atoms with van der Waals surface area (Å²) in [4.78, 5) is 12.3. The van der Waals surface area contributed by atoms with Crippen molar-refractivity contribution in [1.82, 2.24) is 4.72 Å². The molecule has 1 aliphatic carbocycles. The Morgan fingerprint density at radius 2 is 1.39 bits per heavy atom. The Labute approximate surface area is 212 Å². The van der Waals surface area contributed by atoms with Crippen LogP contribution in [0.4, 0.5) is 0 Å². The van der Waals surface area contributed by atoms with E-state index in [0.717, 1.165) is 18.4 Å². The number of rotatable bonds is 6. The Kier molecular flexibility index (Phi) is 6.83. The van der Waals surface area contributed by atoms with Gasteiger partial charge < -0.3 is 0 Å². The number of hydrogen-bond acceptors (Lipinski definition) is 3. The second kappa shape index (κ2) is 10.3. The van der Waals surface area contributed by atoms with E-state index >= 15 is 0 Å². The second-order valence-electron chi connectivity index (χ2n) is 9.02. The van der Waals surface area contributed by atoms with Gasteiger partial charge in [-0.25, -0.2) is 13.1 Å². The number of amides is 1. The van der Waals surface area contributed by atoms with Gasteiger partial charge in [-0.05, 0) is 64.8 Å². The molecule has 0 heterocycles. The minimum atomic E-state index is -3.90. The zero-order valence-corrected chi connectivity index (χ0v) is 20.6. The van der Waals surface area contributed by atoms with Crippen LogP contribution in [0.25, 0.3) is 6.08 Å². The number of aryl methyl sites for hydroxylation is 1. The molecule has 180 valence electrons. The molecule has 0 aliphatic heterocycles. The second-order valence-corrected chi connectivity index (χ2v) is 10.7. The van der Waals surface area contributed by atoms with Crippen molar-refractivity contribution < 1.29 is 13.2 Å². The van der Waals surface area contributed by atoms with Crippen molar-refractivity contribution in [3.63, 3.8) is 0 Å². The topological polar surface area (TPSA) is 63.2 Å². The molecule has 0 saturated heterocycles. The normalized spacial score (nSPS) is 17.4. The highest BCUT2D eigenvalue weighted by Gasteiger charge is 2.31. The van der Waals surface area contributed by atoms with Crippen molar-refractivity contribution in [2.45, 2.75) is 29.6 Å². The third kappa shape index (κ3) is 5.16. The maximum absolute atomic E-state index is 12.4. The van der Waals surface area contributed by atoms with E-state index in [4.69, 9.17) is 0 Å². The van der Waals surface area contributed by atoms with Gasteiger partial charge in [0.1, 0.15) is 0 Å². The Hall–Kier alpha value is -3.96. The van der Waals surface area contributed by atoms with Crippen molar-refractivity contribution in [2.75, 3.05) is 0 Å². The van der Waals surface area contributed by atoms with Crippen LogP contribution in [0.3, 0.4) is 0 Å². The van der Waals surface area contributed by atoms with Gasteiger partial charge in [-0.2, -0.15) is 0 Å². The summed E-state index contributed by atoms with van der Waals surface area (Å²) >= 11 is 0. The molecule has 1 N–H and O–H groups in total. The predicted molar refractivity (Wildman–Crippen MR) is 143 cm³/mol. The minimum absolute atomic E-state index is 0.0526. The monoisotopic (exact) mass is 493 g/mol. The third-order valence-corrected chi connectivity index (χ3v) is 8.12. The number of hydrogen-bond donors (Lipinski definition) is 1. The molecular weight excluding hydrogens is 466 g/mol. The molecule has 0 spiro atoms. The molecule has 0 aromatic heterocycles. The van der Waals surface area contributed by atoms with Crippen molar-refractivity contribution in [3.05, 3.63) is 143 Å². The Bertz CT molecular complexity index is 1480. The zero-order valence-electron chi connectivity index (χ0n) is 19.7. The first-order valence-electron chi connectivity index (χ1n) is 12.0. The quantitative estimate of drug-likeness (QED) is 0.332. The maximum Gasteiger partial charge on any atom is 0.264 e. The molecule has 0 bridgehead atoms. The summed E-state index contributed by atoms with van der Waals surface area (Å²) in [7, 11) is -3.90. The highest BCUT2D eigenvalue weighted by molar-refractivity contribution is 7.90. The Morgan fingerprint density at radius 1 is 0.750 bits per heavy atom. The zero-order chi connectivity index (χ0) is 25.0. The molecule has 5 rings (SSSR count). The van der Waals surface area contributed by atoms with Gasteiger partial charge >= 0.3 is 0 Å². The van der Waals surface area contributed by atoms with Gasteiger partial charge in [-0.1, -0.05) is 97.1 Å². The van der Waals surface area contributed by atoms with Crippen LogP contribution in [0.5, 0.6) is 0 Å². The summed E-state index contributed by atoms with van der Waals surface area (Å²) in [5, 5.41) is 0. The van der Waals surface area contributed by atoms with E-state index in [1.807, 2.05) is 12.1 Å². The molecule has 2 unspecified atom stereocenters. The minimum Gasteiger partial charge on any atom is -0.269 e. The lowest BCUT2D eigenvalue weighted by Gasteiger charge is -2.34. The van der Waals surface area contributed by atoms with E-state index in [2.05, 4.69) is 71.5 Å². The first-order chi connectivity index (χ1) is 17.5. The number of sulfonamides is 1. The van der Waals surface area contributed by atoms with E-state index in [9.17, 15) is 13.2 Å². The number of carbonyl (C=O) groups excluding carboxylic acids is 1. The molecule has 36 heavy (non-hydrogen) atoms. The van der Waals surface area contributed by atoms with Crippen LogP contribution in [-0.4, -0.2) is 14.3 Å². The van der Waals surface area contributed by atoms with Crippen LogP contribution in [0.15, 0.2) is 120 Å². The van der Waals surface area contributed by atoms with Gasteiger partial charge in [0.05, 0.1) is 4.90 Å². The first kappa shape index (κ1) is 23.8. The van der Waals surface area contributed by atoms with Crippen LogP contribution in [0.1, 0.15) is 46.1 Å². The van der Waals surface area contributed by atoms with Gasteiger partial charge in [0.25, 0.3) is 15.9 Å². The molecule has 2 atom stereocenters. The molecule has 1 amide bonds. The fourth-order valence-corrected chi connectivity index (χ4v) is 6.01. The molecule has 0 fully saturated rings. The van der Waals surface area contributed by atoms with Crippen molar-refractivity contribution in [2.24, 2.45) is 0 Å². The SMILES string of the molecule is O=C(/C=C/c1ccc(C2c3ccccc3CCC2c2ccccc2)cc1)NS(=O)(=O)c1ccccc1. The number of fused-ring (bicyclic) bond motifs is 1. The molecule has 5 heteroatoms. The molecule has 4 nitrogen and oxygen atoms in total. The Morgan fingerprint density at radius 3 is 2.11 bits per heavy atom. The van der Waals surface area contributed by atoms with Crippen LogP contribution in [0.2, 0.25) is 0 Å². The fourth-order valence-electron chi connectivity index (χ4n) is 5.04. The lowest BCUT2D eigenvalue weighted by atomic mass is 9.69. The average Bonchev–Trinajstić information content (AvgIpc) is 2.92. The lowest BCUT2D eigenvalue weighted by molar-refractivity contribution is -0.114.